The Hall–Kier alpha value is -2.02. The van der Waals surface area contributed by atoms with E-state index in [-0.39, 0.29) is 30.6 Å². The van der Waals surface area contributed by atoms with Gasteiger partial charge in [0.2, 0.25) is 5.91 Å². The van der Waals surface area contributed by atoms with Crippen LogP contribution in [0.3, 0.4) is 0 Å². The van der Waals surface area contributed by atoms with E-state index in [1.54, 1.807) is 6.92 Å². The standard InChI is InChI=1S/C15H18F2N2O3/c1-3-12(15(21)22-2)18-9-7-13(20)19(8-9)14-10(16)5-4-6-11(14)17/h4-6,9,12,18H,3,7-8H2,1-2H3/t9-,12+/m0/s1. The molecule has 5 nitrogen and oxygen atoms in total. The molecular weight excluding hydrogens is 294 g/mol. The number of halogens is 2. The zero-order chi connectivity index (χ0) is 16.3. The number of amides is 1. The molecule has 1 fully saturated rings. The fourth-order valence-electron chi connectivity index (χ4n) is 2.56. The van der Waals surface area contributed by atoms with Gasteiger partial charge in [-0.1, -0.05) is 13.0 Å². The summed E-state index contributed by atoms with van der Waals surface area (Å²) in [6.07, 6.45) is 0.562. The number of ether oxygens (including phenoxy) is 1. The summed E-state index contributed by atoms with van der Waals surface area (Å²) < 4.78 is 32.2. The zero-order valence-electron chi connectivity index (χ0n) is 12.4. The Bertz CT molecular complexity index is 560. The fraction of sp³-hybridized carbons (Fsp3) is 0.467. The number of esters is 1. The highest BCUT2D eigenvalue weighted by atomic mass is 19.1. The lowest BCUT2D eigenvalue weighted by molar-refractivity contribution is -0.143. The second-order valence-electron chi connectivity index (χ2n) is 5.13. The van der Waals surface area contributed by atoms with Crippen LogP contribution in [0.5, 0.6) is 0 Å². The minimum Gasteiger partial charge on any atom is -0.468 e. The molecule has 7 heteroatoms. The van der Waals surface area contributed by atoms with Crippen LogP contribution in [-0.2, 0) is 14.3 Å². The van der Waals surface area contributed by atoms with Gasteiger partial charge in [-0.05, 0) is 18.6 Å². The van der Waals surface area contributed by atoms with E-state index in [2.05, 4.69) is 10.1 Å². The average Bonchev–Trinajstić information content (AvgIpc) is 2.84. The molecule has 2 atom stereocenters. The second-order valence-corrected chi connectivity index (χ2v) is 5.13. The van der Waals surface area contributed by atoms with Gasteiger partial charge in [0.25, 0.3) is 0 Å². The summed E-state index contributed by atoms with van der Waals surface area (Å²) in [6.45, 7) is 1.91. The Labute approximate surface area is 127 Å². The summed E-state index contributed by atoms with van der Waals surface area (Å²) in [7, 11) is 1.29. The van der Waals surface area contributed by atoms with E-state index in [1.165, 1.54) is 13.2 Å². The molecule has 0 saturated carbocycles. The number of hydrogen-bond donors (Lipinski definition) is 1. The van der Waals surface area contributed by atoms with E-state index < -0.39 is 23.6 Å². The molecule has 0 aromatic heterocycles. The van der Waals surface area contributed by atoms with Crippen molar-refractivity contribution in [1.29, 1.82) is 0 Å². The van der Waals surface area contributed by atoms with Crippen LogP contribution in [0.2, 0.25) is 0 Å². The third kappa shape index (κ3) is 3.24. The molecule has 0 spiro atoms. The summed E-state index contributed by atoms with van der Waals surface area (Å²) in [6, 6.07) is 2.55. The van der Waals surface area contributed by atoms with Gasteiger partial charge in [-0.2, -0.15) is 0 Å². The largest absolute Gasteiger partial charge is 0.468 e. The van der Waals surface area contributed by atoms with E-state index in [9.17, 15) is 18.4 Å². The van der Waals surface area contributed by atoms with Gasteiger partial charge in [0.1, 0.15) is 23.4 Å². The molecule has 120 valence electrons. The maximum absolute atomic E-state index is 13.8. The molecular formula is C15H18F2N2O3. The normalized spacial score (nSPS) is 19.4. The van der Waals surface area contributed by atoms with E-state index in [0.29, 0.717) is 6.42 Å². The molecule has 0 bridgehead atoms. The van der Waals surface area contributed by atoms with Crippen molar-refractivity contribution < 1.29 is 23.1 Å². The topological polar surface area (TPSA) is 58.6 Å². The Balaban J connectivity index is 2.13. The Kier molecular flexibility index (Phi) is 5.07. The number of anilines is 1. The molecule has 0 unspecified atom stereocenters. The molecule has 1 N–H and O–H groups in total. The quantitative estimate of drug-likeness (QED) is 0.839. The summed E-state index contributed by atoms with van der Waals surface area (Å²) in [4.78, 5) is 24.7. The van der Waals surface area contributed by atoms with Crippen molar-refractivity contribution in [2.24, 2.45) is 0 Å². The number of carbonyl (C=O) groups excluding carboxylic acids is 2. The van der Waals surface area contributed by atoms with Crippen molar-refractivity contribution in [2.75, 3.05) is 18.6 Å². The van der Waals surface area contributed by atoms with Gasteiger partial charge < -0.3 is 9.64 Å². The summed E-state index contributed by atoms with van der Waals surface area (Å²) in [5.41, 5.74) is -0.345. The fourth-order valence-corrected chi connectivity index (χ4v) is 2.56. The van der Waals surface area contributed by atoms with Gasteiger partial charge in [-0.15, -0.1) is 0 Å². The number of benzene rings is 1. The van der Waals surface area contributed by atoms with Crippen LogP contribution in [0.1, 0.15) is 19.8 Å². The molecule has 0 aliphatic carbocycles. The van der Waals surface area contributed by atoms with Gasteiger partial charge in [0.05, 0.1) is 7.11 Å². The first-order valence-corrected chi connectivity index (χ1v) is 7.06. The summed E-state index contributed by atoms with van der Waals surface area (Å²) in [5, 5.41) is 3.00. The van der Waals surface area contributed by atoms with Crippen molar-refractivity contribution in [1.82, 2.24) is 5.32 Å². The van der Waals surface area contributed by atoms with Crippen LogP contribution in [0.25, 0.3) is 0 Å². The molecule has 1 aliphatic rings. The Morgan fingerprint density at radius 3 is 2.64 bits per heavy atom. The monoisotopic (exact) mass is 312 g/mol. The maximum Gasteiger partial charge on any atom is 0.322 e. The number of hydrogen-bond acceptors (Lipinski definition) is 4. The van der Waals surface area contributed by atoms with E-state index in [4.69, 9.17) is 0 Å². The molecule has 1 aromatic rings. The molecule has 1 saturated heterocycles. The number of nitrogens with one attached hydrogen (secondary N) is 1. The summed E-state index contributed by atoms with van der Waals surface area (Å²) >= 11 is 0. The van der Waals surface area contributed by atoms with Crippen LogP contribution in [0.4, 0.5) is 14.5 Å². The first kappa shape index (κ1) is 16.4. The third-order valence-corrected chi connectivity index (χ3v) is 3.66. The molecule has 22 heavy (non-hydrogen) atoms. The van der Waals surface area contributed by atoms with E-state index in [0.717, 1.165) is 17.0 Å². The van der Waals surface area contributed by atoms with Gasteiger partial charge in [0.15, 0.2) is 0 Å². The Morgan fingerprint density at radius 1 is 1.45 bits per heavy atom. The lowest BCUT2D eigenvalue weighted by Crippen LogP contribution is -2.44. The lowest BCUT2D eigenvalue weighted by atomic mass is 10.1. The number of methoxy groups -OCH3 is 1. The Morgan fingerprint density at radius 2 is 2.09 bits per heavy atom. The first-order chi connectivity index (χ1) is 10.5. The molecule has 0 radical (unpaired) electrons. The molecule has 1 aromatic carbocycles. The third-order valence-electron chi connectivity index (χ3n) is 3.66. The maximum atomic E-state index is 13.8. The van der Waals surface area contributed by atoms with E-state index in [1.807, 2.05) is 0 Å². The SMILES string of the molecule is CC[C@@H](N[C@H]1CC(=O)N(c2c(F)cccc2F)C1)C(=O)OC. The van der Waals surface area contributed by atoms with Gasteiger partial charge in [-0.3, -0.25) is 14.9 Å². The van der Waals surface area contributed by atoms with Crippen molar-refractivity contribution in [2.45, 2.75) is 31.8 Å². The number of para-hydroxylation sites is 1. The van der Waals surface area contributed by atoms with Crippen molar-refractivity contribution >= 4 is 17.6 Å². The second kappa shape index (κ2) is 6.83. The number of rotatable bonds is 5. The average molecular weight is 312 g/mol. The van der Waals surface area contributed by atoms with Crippen LogP contribution in [-0.4, -0.2) is 37.6 Å². The van der Waals surface area contributed by atoms with Crippen molar-refractivity contribution in [3.8, 4) is 0 Å². The van der Waals surface area contributed by atoms with Crippen LogP contribution >= 0.6 is 0 Å². The highest BCUT2D eigenvalue weighted by Gasteiger charge is 2.35. The van der Waals surface area contributed by atoms with Crippen LogP contribution in [0, 0.1) is 11.6 Å². The minimum absolute atomic E-state index is 0.0707. The van der Waals surface area contributed by atoms with Crippen LogP contribution in [0.15, 0.2) is 18.2 Å². The minimum atomic E-state index is -0.783. The van der Waals surface area contributed by atoms with Gasteiger partial charge in [0, 0.05) is 19.0 Å². The molecule has 1 heterocycles. The lowest BCUT2D eigenvalue weighted by Gasteiger charge is -2.21. The van der Waals surface area contributed by atoms with Gasteiger partial charge in [-0.25, -0.2) is 8.78 Å². The first-order valence-electron chi connectivity index (χ1n) is 7.06. The molecule has 1 aliphatic heterocycles. The smallest absolute Gasteiger partial charge is 0.322 e. The van der Waals surface area contributed by atoms with E-state index >= 15 is 0 Å². The molecule has 1 amide bonds. The number of carbonyl (C=O) groups is 2. The predicted octanol–water partition coefficient (Wildman–Crippen LogP) is 1.61. The highest BCUT2D eigenvalue weighted by molar-refractivity contribution is 5.96. The van der Waals surface area contributed by atoms with Gasteiger partial charge >= 0.3 is 5.97 Å². The van der Waals surface area contributed by atoms with Crippen LogP contribution < -0.4 is 10.2 Å². The zero-order valence-corrected chi connectivity index (χ0v) is 12.4. The van der Waals surface area contributed by atoms with Crippen molar-refractivity contribution in [3.05, 3.63) is 29.8 Å². The highest BCUT2D eigenvalue weighted by Crippen LogP contribution is 2.27. The molecule has 2 rings (SSSR count). The predicted molar refractivity (Wildman–Crippen MR) is 76.3 cm³/mol. The summed E-state index contributed by atoms with van der Waals surface area (Å²) in [5.74, 6) is -2.38. The number of nitrogens with zero attached hydrogens (tertiary/aromatic N) is 1. The van der Waals surface area contributed by atoms with Crippen molar-refractivity contribution in [3.63, 3.8) is 0 Å².